The zero-order chi connectivity index (χ0) is 85.3. The van der Waals surface area contributed by atoms with Crippen LogP contribution in [0.5, 0.6) is 11.6 Å². The molecule has 36 nitrogen and oxygen atoms in total. The number of nitrogens with zero attached hydrogens (tertiary/aromatic N) is 24. The Balaban J connectivity index is 0.000000140. The average Bonchev–Trinajstić information content (AvgIpc) is 1.59. The molecule has 612 valence electrons. The molecule has 0 bridgehead atoms. The molecule has 41 heteroatoms. The summed E-state index contributed by atoms with van der Waals surface area (Å²) in [4.78, 5) is 72.8. The van der Waals surface area contributed by atoms with Gasteiger partial charge in [-0.15, -0.1) is 0 Å². The lowest BCUT2D eigenvalue weighted by molar-refractivity contribution is 0.0698. The zero-order valence-electron chi connectivity index (χ0n) is 64.7. The van der Waals surface area contributed by atoms with Gasteiger partial charge in [0.15, 0.2) is 54.5 Å². The molecule has 17 rings (SSSR count). The number of phenols is 1. The average molecular weight is 1730 g/mol. The topological polar surface area (TPSA) is 477 Å². The summed E-state index contributed by atoms with van der Waals surface area (Å²) in [5, 5.41) is 58.9. The van der Waals surface area contributed by atoms with Crippen molar-refractivity contribution in [2.45, 2.75) is 51.9 Å². The quantitative estimate of drug-likeness (QED) is 0.0282. The summed E-state index contributed by atoms with van der Waals surface area (Å²) in [5.74, 6) is 0.654. The molecule has 4 aromatic carbocycles. The lowest BCUT2D eigenvalue weighted by Crippen LogP contribution is -2.16. The number of pyridine rings is 1. The number of carbonyl (C=O) groups is 1. The highest BCUT2D eigenvalue weighted by molar-refractivity contribution is 7.59. The van der Waals surface area contributed by atoms with Crippen molar-refractivity contribution in [2.24, 2.45) is 4.99 Å². The number of rotatable bonds is 18. The Labute approximate surface area is 719 Å². The smallest absolute Gasteiger partial charge is 0.343 e. The first-order chi connectivity index (χ1) is 58.5. The Hall–Kier alpha value is -15.4. The Bertz CT molecular complexity index is 6890. The maximum atomic E-state index is 11.6. The molecule has 17 aromatic rings. The van der Waals surface area contributed by atoms with Crippen LogP contribution in [0.3, 0.4) is 0 Å². The molecular formula is C81H69Cl4N31O5S. The standard InChI is InChI=1S/C24H21ClN8O.2C19H15ClN8O.C19H16ClN7O2.H2S/c1-14(31-24-21(23(26)29-13-30-24)16-8-9-27-20(10-16)34-2)17-11-19-28-12-18(25)33(19)32-22(17)15-6-4-3-5-7-15;1-10(26-19-17(22-2)18(21)24-9-25-19)13-7-15-23-8-14(20)28(15)27-16(13)11-3-5-12(29)6-4-11;1-11(25-19-17(22-2)18(21)27(29)10-24-19)13-8-15-23-9-14(20)28(15)26-16(13)12-6-4-3-5-7-12;1-10(25-18-15(19(28)29)17(21)23-9-24-18)12-7-14-22-8-13(20)27(14)26-16(12)11-5-3-2-4-6-11;/h3-14H,1-2H3,(H3,26,29,30,31);3-10,29H,1H3,(H3,21,24,25,26);3-11,29H,21H2,1H3;2-10H,1H3,(H,28,29)(H3,21,23,24,25);1H2/t14-;10-;11-;10-;/m0000./s1. The third-order valence-electron chi connectivity index (χ3n) is 18.7. The number of aromatic carboxylic acids is 1. The molecule has 0 radical (unpaired) electrons. The van der Waals surface area contributed by atoms with Crippen LogP contribution in [0.2, 0.25) is 20.6 Å². The fraction of sp³-hybridized carbons (Fsp3) is 0.111. The Morgan fingerprint density at radius 1 is 0.475 bits per heavy atom. The highest BCUT2D eigenvalue weighted by Crippen LogP contribution is 2.40. The highest BCUT2D eigenvalue weighted by Gasteiger charge is 2.27. The molecule has 14 N–H and O–H groups in total. The van der Waals surface area contributed by atoms with Gasteiger partial charge in [-0.2, -0.15) is 38.6 Å². The van der Waals surface area contributed by atoms with E-state index in [2.05, 4.69) is 106 Å². The molecule has 0 amide bonds. The van der Waals surface area contributed by atoms with E-state index in [0.29, 0.717) is 93.9 Å². The first-order valence-corrected chi connectivity index (χ1v) is 37.8. The van der Waals surface area contributed by atoms with Crippen molar-refractivity contribution in [1.29, 1.82) is 0 Å². The number of nitrogen functional groups attached to an aromatic ring is 4. The number of hydrogen-bond donors (Lipinski definition) is 10. The van der Waals surface area contributed by atoms with E-state index >= 15 is 0 Å². The fourth-order valence-electron chi connectivity index (χ4n) is 12.8. The number of hydrogen-bond acceptors (Lipinski definition) is 28. The number of aromatic nitrogens is 21. The summed E-state index contributed by atoms with van der Waals surface area (Å²) in [5.41, 5.74) is 37.0. The maximum absolute atomic E-state index is 11.6. The summed E-state index contributed by atoms with van der Waals surface area (Å²) in [6.07, 6.45) is 12.9. The third-order valence-corrected chi connectivity index (χ3v) is 19.7. The number of methoxy groups -OCH3 is 1. The van der Waals surface area contributed by atoms with Gasteiger partial charge in [0, 0.05) is 56.8 Å². The minimum absolute atomic E-state index is 0. The minimum Gasteiger partial charge on any atom is -0.508 e. The van der Waals surface area contributed by atoms with Crippen LogP contribution in [0.25, 0.3) is 88.4 Å². The van der Waals surface area contributed by atoms with Crippen LogP contribution in [0.1, 0.15) is 84.5 Å². The van der Waals surface area contributed by atoms with Gasteiger partial charge in [0.05, 0.1) is 97.5 Å². The predicted molar refractivity (Wildman–Crippen MR) is 468 cm³/mol. The Kier molecular flexibility index (Phi) is 25.7. The molecular weight excluding hydrogens is 1660 g/mol. The minimum atomic E-state index is -1.21. The van der Waals surface area contributed by atoms with Gasteiger partial charge in [0.1, 0.15) is 71.5 Å². The summed E-state index contributed by atoms with van der Waals surface area (Å²) < 4.78 is 12.1. The number of nitrogens with two attached hydrogens (primary N) is 4. The Morgan fingerprint density at radius 2 is 0.869 bits per heavy atom. The number of benzene rings is 4. The van der Waals surface area contributed by atoms with Crippen LogP contribution in [-0.4, -0.2) is 131 Å². The van der Waals surface area contributed by atoms with Crippen molar-refractivity contribution in [1.82, 2.24) is 103 Å². The predicted octanol–water partition coefficient (Wildman–Crippen LogP) is 15.2. The Morgan fingerprint density at radius 3 is 1.31 bits per heavy atom. The number of carboxylic acids is 1. The summed E-state index contributed by atoms with van der Waals surface area (Å²) >= 11 is 24.9. The number of ether oxygens (including phenoxy) is 1. The number of imidazole rings is 4. The molecule has 13 aromatic heterocycles. The number of fused-ring (bicyclic) bond motifs is 4. The number of anilines is 7. The van der Waals surface area contributed by atoms with E-state index in [-0.39, 0.29) is 83.1 Å². The second-order valence-electron chi connectivity index (χ2n) is 26.4. The lowest BCUT2D eigenvalue weighted by atomic mass is 10.0. The first kappa shape index (κ1) is 84.5. The SMILES string of the molecule is COc1cc(-c2c(N)ncnc2N[C@@H](C)c2cc3ncc(Cl)n3nc2-c2ccccc2)ccn1.C[C@H](Nc1ncnc(N)c1C(=O)O)c1cc2ncc(Cl)n2nc1-c1ccccc1.S.[C-]#[N+]c1c(N)n(O)cnc1=N[C@@H](C)c1cc2ncc(Cl)n2nc1-c1ccccc1.[C-]#[N+]c1c(N)ncnc1N[C@@H](C)c1cc2ncc(Cl)n2nc1-c1ccc(O)cc1. The van der Waals surface area contributed by atoms with Crippen LogP contribution in [-0.2, 0) is 0 Å². The molecule has 0 saturated heterocycles. The fourth-order valence-corrected chi connectivity index (χ4v) is 13.5. The maximum Gasteiger partial charge on any atom is 0.343 e. The van der Waals surface area contributed by atoms with Gasteiger partial charge in [-0.3, -0.25) is 4.99 Å². The molecule has 0 fully saturated rings. The van der Waals surface area contributed by atoms with E-state index in [4.69, 9.17) is 92.3 Å². The van der Waals surface area contributed by atoms with Crippen molar-refractivity contribution in [2.75, 3.05) is 46.0 Å². The third kappa shape index (κ3) is 18.0. The highest BCUT2D eigenvalue weighted by atomic mass is 35.5. The van der Waals surface area contributed by atoms with E-state index in [0.717, 1.165) is 62.1 Å². The van der Waals surface area contributed by atoms with Crippen molar-refractivity contribution >= 4 is 141 Å². The number of phenolic OH excluding ortho intramolecular Hbond substituents is 1. The summed E-state index contributed by atoms with van der Waals surface area (Å²) in [6, 6.07) is 45.7. The number of halogens is 4. The van der Waals surface area contributed by atoms with Crippen molar-refractivity contribution in [3.63, 3.8) is 0 Å². The monoisotopic (exact) mass is 1730 g/mol. The molecule has 13 heterocycles. The number of nitrogens with one attached hydrogen (secondary N) is 3. The van der Waals surface area contributed by atoms with E-state index in [1.165, 1.54) is 42.1 Å². The van der Waals surface area contributed by atoms with E-state index < -0.39 is 12.0 Å². The van der Waals surface area contributed by atoms with Gasteiger partial charge in [-0.05, 0) is 87.9 Å². The molecule has 0 unspecified atom stereocenters. The van der Waals surface area contributed by atoms with Crippen molar-refractivity contribution in [3.05, 3.63) is 285 Å². The second-order valence-corrected chi connectivity index (χ2v) is 28.0. The van der Waals surface area contributed by atoms with Gasteiger partial charge < -0.3 is 59.0 Å². The molecule has 0 spiro atoms. The van der Waals surface area contributed by atoms with E-state index in [9.17, 15) is 20.2 Å². The normalized spacial score (nSPS) is 12.1. The van der Waals surface area contributed by atoms with Crippen LogP contribution in [0, 0.1) is 13.1 Å². The van der Waals surface area contributed by atoms with Crippen molar-refractivity contribution in [3.8, 4) is 67.8 Å². The van der Waals surface area contributed by atoms with Gasteiger partial charge >= 0.3 is 5.97 Å². The molecule has 4 atom stereocenters. The second kappa shape index (κ2) is 37.0. The number of aromatic hydroxyl groups is 1. The van der Waals surface area contributed by atoms with Crippen LogP contribution < -0.4 is 49.1 Å². The van der Waals surface area contributed by atoms with Crippen LogP contribution in [0.15, 0.2) is 213 Å². The van der Waals surface area contributed by atoms with Gasteiger partial charge in [-0.25, -0.2) is 92.4 Å². The van der Waals surface area contributed by atoms with Gasteiger partial charge in [0.2, 0.25) is 5.88 Å². The largest absolute Gasteiger partial charge is 0.508 e. The number of carboxylic acid groups (broad SMARTS) is 1. The summed E-state index contributed by atoms with van der Waals surface area (Å²) in [6.45, 7) is 22.3. The first-order valence-electron chi connectivity index (χ1n) is 36.3. The molecule has 0 aliphatic rings. The van der Waals surface area contributed by atoms with E-state index in [1.807, 2.05) is 149 Å². The zero-order valence-corrected chi connectivity index (χ0v) is 68.7. The van der Waals surface area contributed by atoms with Crippen LogP contribution >= 0.6 is 59.9 Å². The van der Waals surface area contributed by atoms with Gasteiger partial charge in [0.25, 0.3) is 11.4 Å². The van der Waals surface area contributed by atoms with Crippen molar-refractivity contribution < 1.29 is 25.0 Å². The lowest BCUT2D eigenvalue weighted by Gasteiger charge is -2.20. The molecule has 0 aliphatic heterocycles. The van der Waals surface area contributed by atoms with Crippen LogP contribution in [0.4, 0.5) is 52.1 Å². The molecule has 0 aliphatic carbocycles. The molecule has 122 heavy (non-hydrogen) atoms. The van der Waals surface area contributed by atoms with E-state index in [1.54, 1.807) is 63.4 Å². The van der Waals surface area contributed by atoms with Gasteiger partial charge in [-0.1, -0.05) is 137 Å². The molecule has 0 saturated carbocycles. The summed E-state index contributed by atoms with van der Waals surface area (Å²) in [7, 11) is 1.56.